The first-order valence-electron chi connectivity index (χ1n) is 4.63. The molecule has 0 aromatic carbocycles. The van der Waals surface area contributed by atoms with Gasteiger partial charge in [-0.05, 0) is 12.8 Å². The molecule has 86 valence electrons. The summed E-state index contributed by atoms with van der Waals surface area (Å²) in [6.45, 7) is 0. The van der Waals surface area contributed by atoms with Crippen molar-refractivity contribution in [2.75, 3.05) is 0 Å². The van der Waals surface area contributed by atoms with Crippen molar-refractivity contribution in [3.8, 4) is 0 Å². The molecular formula is C7H12N2O5S. The van der Waals surface area contributed by atoms with Crippen LogP contribution in [-0.2, 0) is 19.5 Å². The van der Waals surface area contributed by atoms with Crippen molar-refractivity contribution < 1.29 is 22.0 Å². The lowest BCUT2D eigenvalue weighted by molar-refractivity contribution is -0.221. The van der Waals surface area contributed by atoms with Gasteiger partial charge in [-0.25, -0.2) is 0 Å². The summed E-state index contributed by atoms with van der Waals surface area (Å²) in [7, 11) is -4.65. The van der Waals surface area contributed by atoms with Gasteiger partial charge in [-0.3, -0.25) is 9.35 Å². The van der Waals surface area contributed by atoms with Gasteiger partial charge >= 0.3 is 10.4 Å². The van der Waals surface area contributed by atoms with Gasteiger partial charge in [-0.2, -0.15) is 13.5 Å². The Morgan fingerprint density at radius 3 is 2.47 bits per heavy atom. The molecule has 0 aromatic rings. The lowest BCUT2D eigenvalue weighted by Gasteiger charge is -2.51. The maximum Gasteiger partial charge on any atom is 0.418 e. The largest absolute Gasteiger partial charge is 0.418 e. The SMILES string of the molecule is NC1C(=O)N(OS(=O)(=O)O)C12CCCC2. The lowest BCUT2D eigenvalue weighted by atomic mass is 9.80. The molecule has 7 nitrogen and oxygen atoms in total. The van der Waals surface area contributed by atoms with Crippen LogP contribution in [0.2, 0.25) is 0 Å². The average Bonchev–Trinajstić information content (AvgIpc) is 2.62. The topological polar surface area (TPSA) is 110 Å². The smallest absolute Gasteiger partial charge is 0.318 e. The number of amides is 1. The second-order valence-corrected chi connectivity index (χ2v) is 4.93. The molecule has 1 heterocycles. The molecule has 1 saturated heterocycles. The van der Waals surface area contributed by atoms with Gasteiger partial charge in [0, 0.05) is 0 Å². The Kier molecular flexibility index (Phi) is 2.26. The van der Waals surface area contributed by atoms with Gasteiger partial charge in [0.1, 0.15) is 6.04 Å². The maximum absolute atomic E-state index is 11.3. The molecule has 1 unspecified atom stereocenters. The molecule has 15 heavy (non-hydrogen) atoms. The van der Waals surface area contributed by atoms with Gasteiger partial charge in [0.15, 0.2) is 0 Å². The third-order valence-corrected chi connectivity index (χ3v) is 3.43. The summed E-state index contributed by atoms with van der Waals surface area (Å²) in [5.41, 5.74) is 4.89. The number of carbonyl (C=O) groups excluding carboxylic acids is 1. The molecule has 3 N–H and O–H groups in total. The van der Waals surface area contributed by atoms with Crippen LogP contribution in [0.25, 0.3) is 0 Å². The molecule has 0 radical (unpaired) electrons. The first kappa shape index (κ1) is 10.8. The highest BCUT2D eigenvalue weighted by Crippen LogP contribution is 2.45. The third-order valence-electron chi connectivity index (χ3n) is 3.09. The molecule has 2 aliphatic rings. The van der Waals surface area contributed by atoms with Crippen LogP contribution in [0, 0.1) is 0 Å². The molecule has 0 aromatic heterocycles. The number of β-lactam (4-membered cyclic amide) rings is 1. The summed E-state index contributed by atoms with van der Waals surface area (Å²) >= 11 is 0. The van der Waals surface area contributed by atoms with Crippen molar-refractivity contribution >= 4 is 16.3 Å². The fraction of sp³-hybridized carbons (Fsp3) is 0.857. The molecule has 1 amide bonds. The number of carbonyl (C=O) groups is 1. The van der Waals surface area contributed by atoms with Crippen molar-refractivity contribution in [1.29, 1.82) is 0 Å². The van der Waals surface area contributed by atoms with Crippen molar-refractivity contribution in [1.82, 2.24) is 5.06 Å². The van der Waals surface area contributed by atoms with Crippen molar-refractivity contribution in [2.24, 2.45) is 5.73 Å². The number of hydrogen-bond acceptors (Lipinski definition) is 5. The molecule has 2 rings (SSSR count). The van der Waals surface area contributed by atoms with E-state index in [1.807, 2.05) is 0 Å². The van der Waals surface area contributed by atoms with Crippen LogP contribution in [0.15, 0.2) is 0 Å². The van der Waals surface area contributed by atoms with Gasteiger partial charge in [0.05, 0.1) is 5.54 Å². The van der Waals surface area contributed by atoms with Crippen LogP contribution in [0.3, 0.4) is 0 Å². The predicted molar refractivity (Wildman–Crippen MR) is 48.7 cm³/mol. The summed E-state index contributed by atoms with van der Waals surface area (Å²) in [6, 6.07) is -0.721. The van der Waals surface area contributed by atoms with Crippen molar-refractivity contribution in [2.45, 2.75) is 37.3 Å². The van der Waals surface area contributed by atoms with Gasteiger partial charge in [0.2, 0.25) is 0 Å². The Balaban J connectivity index is 2.20. The highest BCUT2D eigenvalue weighted by Gasteiger charge is 2.62. The zero-order valence-electron chi connectivity index (χ0n) is 7.92. The third kappa shape index (κ3) is 1.53. The normalized spacial score (nSPS) is 29.6. The molecule has 1 aliphatic heterocycles. The molecule has 0 bridgehead atoms. The molecular weight excluding hydrogens is 224 g/mol. The van der Waals surface area contributed by atoms with Gasteiger partial charge in [-0.15, -0.1) is 4.28 Å². The van der Waals surface area contributed by atoms with Crippen molar-refractivity contribution in [3.05, 3.63) is 0 Å². The van der Waals surface area contributed by atoms with Crippen LogP contribution in [0.1, 0.15) is 25.7 Å². The van der Waals surface area contributed by atoms with E-state index in [0.29, 0.717) is 17.9 Å². The van der Waals surface area contributed by atoms with Gasteiger partial charge < -0.3 is 5.73 Å². The van der Waals surface area contributed by atoms with E-state index in [2.05, 4.69) is 4.28 Å². The van der Waals surface area contributed by atoms with Crippen LogP contribution in [0.4, 0.5) is 0 Å². The van der Waals surface area contributed by atoms with E-state index in [4.69, 9.17) is 10.3 Å². The van der Waals surface area contributed by atoms with Crippen molar-refractivity contribution in [3.63, 3.8) is 0 Å². The summed E-state index contributed by atoms with van der Waals surface area (Å²) in [4.78, 5) is 11.3. The highest BCUT2D eigenvalue weighted by atomic mass is 32.3. The monoisotopic (exact) mass is 236 g/mol. The minimum atomic E-state index is -4.65. The molecule has 8 heteroatoms. The Morgan fingerprint density at radius 1 is 1.47 bits per heavy atom. The second kappa shape index (κ2) is 3.14. The summed E-state index contributed by atoms with van der Waals surface area (Å²) in [6.07, 6.45) is 2.95. The Hall–Kier alpha value is -0.700. The van der Waals surface area contributed by atoms with Crippen LogP contribution < -0.4 is 5.73 Å². The van der Waals surface area contributed by atoms with E-state index < -0.39 is 27.9 Å². The Bertz CT molecular complexity index is 386. The molecule has 2 fully saturated rings. The number of nitrogens with zero attached hydrogens (tertiary/aromatic N) is 1. The number of hydroxylamine groups is 2. The summed E-state index contributed by atoms with van der Waals surface area (Å²) in [5.74, 6) is -0.602. The first-order chi connectivity index (χ1) is 6.87. The van der Waals surface area contributed by atoms with E-state index in [9.17, 15) is 13.2 Å². The van der Waals surface area contributed by atoms with E-state index in [0.717, 1.165) is 12.8 Å². The fourth-order valence-electron chi connectivity index (χ4n) is 2.34. The molecule has 1 atom stereocenters. The number of hydrogen-bond donors (Lipinski definition) is 2. The van der Waals surface area contributed by atoms with Gasteiger partial charge in [0.25, 0.3) is 5.91 Å². The van der Waals surface area contributed by atoms with Crippen LogP contribution >= 0.6 is 0 Å². The zero-order valence-corrected chi connectivity index (χ0v) is 8.74. The first-order valence-corrected chi connectivity index (χ1v) is 6.00. The summed E-state index contributed by atoms with van der Waals surface area (Å²) < 4.78 is 33.8. The quantitative estimate of drug-likeness (QED) is 0.480. The number of rotatable bonds is 2. The maximum atomic E-state index is 11.3. The minimum Gasteiger partial charge on any atom is -0.318 e. The Morgan fingerprint density at radius 2 is 2.00 bits per heavy atom. The highest BCUT2D eigenvalue weighted by molar-refractivity contribution is 7.80. The van der Waals surface area contributed by atoms with E-state index in [1.54, 1.807) is 0 Å². The molecule has 1 aliphatic carbocycles. The molecule has 1 spiro atoms. The standard InChI is InChI=1S/C7H12N2O5S/c8-5-6(10)9(14-15(11,12)13)7(5)3-1-2-4-7/h5H,1-4,8H2,(H,11,12,13). The average molecular weight is 236 g/mol. The van der Waals surface area contributed by atoms with Gasteiger partial charge in [-0.1, -0.05) is 12.8 Å². The molecule has 1 saturated carbocycles. The summed E-state index contributed by atoms with van der Waals surface area (Å²) in [5, 5.41) is 0.708. The van der Waals surface area contributed by atoms with Crippen LogP contribution in [0.5, 0.6) is 0 Å². The second-order valence-electron chi connectivity index (χ2n) is 3.92. The number of nitrogens with two attached hydrogens (primary N) is 1. The minimum absolute atomic E-state index is 0.602. The van der Waals surface area contributed by atoms with E-state index in [-0.39, 0.29) is 0 Å². The van der Waals surface area contributed by atoms with E-state index in [1.165, 1.54) is 0 Å². The van der Waals surface area contributed by atoms with E-state index >= 15 is 0 Å². The fourth-order valence-corrected chi connectivity index (χ4v) is 2.75. The predicted octanol–water partition coefficient (Wildman–Crippen LogP) is -0.797. The van der Waals surface area contributed by atoms with Crippen LogP contribution in [-0.4, -0.2) is 35.5 Å². The Labute approximate surface area is 87.1 Å². The zero-order chi connectivity index (χ0) is 11.3. The lowest BCUT2D eigenvalue weighted by Crippen LogP contribution is -2.76.